The number of benzene rings is 1. The van der Waals surface area contributed by atoms with Crippen molar-refractivity contribution in [1.29, 1.82) is 0 Å². The fourth-order valence-electron chi connectivity index (χ4n) is 1.39. The number of nitrogens with zero attached hydrogens (tertiary/aromatic N) is 1. The summed E-state index contributed by atoms with van der Waals surface area (Å²) >= 11 is 17.4. The van der Waals surface area contributed by atoms with Gasteiger partial charge in [0.05, 0.1) is 10.0 Å². The Bertz CT molecular complexity index is 699. The van der Waals surface area contributed by atoms with Gasteiger partial charge in [-0.1, -0.05) is 46.9 Å². The zero-order valence-electron chi connectivity index (χ0n) is 9.27. The molecule has 0 atom stereocenters. The summed E-state index contributed by atoms with van der Waals surface area (Å²) in [6.45, 7) is 0. The maximum atomic E-state index is 12.2. The van der Waals surface area contributed by atoms with Crippen LogP contribution < -0.4 is 4.72 Å². The number of aromatic nitrogens is 1. The van der Waals surface area contributed by atoms with Gasteiger partial charge in [0.25, 0.3) is 10.0 Å². The molecule has 0 fully saturated rings. The summed E-state index contributed by atoms with van der Waals surface area (Å²) in [7, 11) is -3.93. The number of anilines is 1. The zero-order valence-corrected chi connectivity index (χ0v) is 12.4. The van der Waals surface area contributed by atoms with E-state index in [-0.39, 0.29) is 25.9 Å². The van der Waals surface area contributed by atoms with E-state index in [1.807, 2.05) is 0 Å². The highest BCUT2D eigenvalue weighted by atomic mass is 35.5. The van der Waals surface area contributed by atoms with Gasteiger partial charge in [0.1, 0.15) is 15.9 Å². The normalized spacial score (nSPS) is 11.3. The van der Waals surface area contributed by atoms with Crippen LogP contribution in [0.2, 0.25) is 15.2 Å². The predicted octanol–water partition coefficient (Wildman–Crippen LogP) is 3.84. The molecule has 1 aromatic heterocycles. The highest BCUT2D eigenvalue weighted by Crippen LogP contribution is 2.30. The lowest BCUT2D eigenvalue weighted by atomic mass is 10.4. The Morgan fingerprint density at radius 1 is 0.947 bits per heavy atom. The summed E-state index contributed by atoms with van der Waals surface area (Å²) in [6.07, 6.45) is 0. The minimum Gasteiger partial charge on any atom is -0.263 e. The minimum atomic E-state index is -3.93. The monoisotopic (exact) mass is 336 g/mol. The summed E-state index contributed by atoms with van der Waals surface area (Å²) in [5.41, 5.74) is 0. The van der Waals surface area contributed by atoms with Crippen molar-refractivity contribution in [2.24, 2.45) is 0 Å². The molecule has 0 unspecified atom stereocenters. The van der Waals surface area contributed by atoms with E-state index in [1.54, 1.807) is 12.1 Å². The van der Waals surface area contributed by atoms with Crippen molar-refractivity contribution in [1.82, 2.24) is 4.98 Å². The van der Waals surface area contributed by atoms with Crippen LogP contribution in [0.15, 0.2) is 41.3 Å². The number of hydrogen-bond acceptors (Lipinski definition) is 3. The SMILES string of the molecule is O=S(=O)(Nc1cccc(Cl)n1)c1c(Cl)cccc1Cl. The highest BCUT2D eigenvalue weighted by molar-refractivity contribution is 7.93. The number of hydrogen-bond donors (Lipinski definition) is 1. The average molecular weight is 338 g/mol. The van der Waals surface area contributed by atoms with Gasteiger partial charge in [-0.15, -0.1) is 0 Å². The van der Waals surface area contributed by atoms with Gasteiger partial charge in [-0.3, -0.25) is 4.72 Å². The molecule has 0 amide bonds. The van der Waals surface area contributed by atoms with E-state index < -0.39 is 10.0 Å². The van der Waals surface area contributed by atoms with Crippen molar-refractivity contribution in [3.05, 3.63) is 51.6 Å². The van der Waals surface area contributed by atoms with Gasteiger partial charge in [-0.05, 0) is 24.3 Å². The smallest absolute Gasteiger partial charge is 0.263 e. The maximum Gasteiger partial charge on any atom is 0.266 e. The molecule has 100 valence electrons. The van der Waals surface area contributed by atoms with Crippen molar-refractivity contribution in [3.63, 3.8) is 0 Å². The lowest BCUT2D eigenvalue weighted by Crippen LogP contribution is -2.15. The van der Waals surface area contributed by atoms with Crippen LogP contribution in [-0.2, 0) is 10.0 Å². The second kappa shape index (κ2) is 5.54. The lowest BCUT2D eigenvalue weighted by Gasteiger charge is -2.10. The van der Waals surface area contributed by atoms with Gasteiger partial charge in [0.15, 0.2) is 0 Å². The van der Waals surface area contributed by atoms with E-state index in [0.29, 0.717) is 0 Å². The summed E-state index contributed by atoms with van der Waals surface area (Å²) in [5.74, 6) is 0.0866. The molecule has 1 heterocycles. The molecule has 0 saturated heterocycles. The van der Waals surface area contributed by atoms with Crippen LogP contribution in [0.3, 0.4) is 0 Å². The molecule has 2 rings (SSSR count). The first-order valence-corrected chi connectivity index (χ1v) is 7.61. The lowest BCUT2D eigenvalue weighted by molar-refractivity contribution is 0.601. The molecule has 0 spiro atoms. The quantitative estimate of drug-likeness (QED) is 0.866. The van der Waals surface area contributed by atoms with E-state index in [1.165, 1.54) is 24.3 Å². The third-order valence-electron chi connectivity index (χ3n) is 2.14. The molecule has 8 heteroatoms. The highest BCUT2D eigenvalue weighted by Gasteiger charge is 2.22. The van der Waals surface area contributed by atoms with Gasteiger partial charge in [0, 0.05) is 0 Å². The van der Waals surface area contributed by atoms with Crippen LogP contribution in [0.5, 0.6) is 0 Å². The molecule has 2 aromatic rings. The zero-order chi connectivity index (χ0) is 14.0. The largest absolute Gasteiger partial charge is 0.266 e. The van der Waals surface area contributed by atoms with Crippen molar-refractivity contribution in [2.45, 2.75) is 4.90 Å². The molecule has 0 aliphatic carbocycles. The van der Waals surface area contributed by atoms with Crippen molar-refractivity contribution in [3.8, 4) is 0 Å². The Morgan fingerprint density at radius 2 is 1.53 bits per heavy atom. The molecule has 0 bridgehead atoms. The molecular weight excluding hydrogens is 331 g/mol. The molecule has 0 radical (unpaired) electrons. The fourth-order valence-corrected chi connectivity index (χ4v) is 3.70. The molecule has 1 aromatic carbocycles. The average Bonchev–Trinajstić information content (AvgIpc) is 2.27. The first-order valence-electron chi connectivity index (χ1n) is 4.99. The van der Waals surface area contributed by atoms with Crippen LogP contribution in [0.25, 0.3) is 0 Å². The van der Waals surface area contributed by atoms with Crippen molar-refractivity contribution in [2.75, 3.05) is 4.72 Å². The molecule has 4 nitrogen and oxygen atoms in total. The van der Waals surface area contributed by atoms with E-state index in [4.69, 9.17) is 34.8 Å². The summed E-state index contributed by atoms with van der Waals surface area (Å²) in [5, 5.41) is 0.231. The topological polar surface area (TPSA) is 59.1 Å². The summed E-state index contributed by atoms with van der Waals surface area (Å²) < 4.78 is 26.6. The first-order chi connectivity index (χ1) is 8.90. The van der Waals surface area contributed by atoms with E-state index in [0.717, 1.165) is 0 Å². The second-order valence-electron chi connectivity index (χ2n) is 3.50. The third kappa shape index (κ3) is 3.30. The van der Waals surface area contributed by atoms with E-state index >= 15 is 0 Å². The Balaban J connectivity index is 2.44. The first kappa shape index (κ1) is 14.4. The van der Waals surface area contributed by atoms with Gasteiger partial charge < -0.3 is 0 Å². The number of nitrogens with one attached hydrogen (secondary N) is 1. The molecule has 0 aliphatic heterocycles. The fraction of sp³-hybridized carbons (Fsp3) is 0. The van der Waals surface area contributed by atoms with Crippen LogP contribution in [-0.4, -0.2) is 13.4 Å². The van der Waals surface area contributed by atoms with E-state index in [2.05, 4.69) is 9.71 Å². The van der Waals surface area contributed by atoms with E-state index in [9.17, 15) is 8.42 Å². The molecular formula is C11H7Cl3N2O2S. The summed E-state index contributed by atoms with van der Waals surface area (Å²) in [6, 6.07) is 9.00. The van der Waals surface area contributed by atoms with Gasteiger partial charge in [-0.2, -0.15) is 0 Å². The molecule has 19 heavy (non-hydrogen) atoms. The molecule has 1 N–H and O–H groups in total. The number of sulfonamides is 1. The van der Waals surface area contributed by atoms with Crippen LogP contribution in [0.1, 0.15) is 0 Å². The van der Waals surface area contributed by atoms with Crippen molar-refractivity contribution >= 4 is 50.6 Å². The third-order valence-corrected chi connectivity index (χ3v) is 4.66. The second-order valence-corrected chi connectivity index (χ2v) is 6.32. The molecule has 0 saturated carbocycles. The Kier molecular flexibility index (Phi) is 4.20. The van der Waals surface area contributed by atoms with Crippen molar-refractivity contribution < 1.29 is 8.42 Å². The minimum absolute atomic E-state index is 0.0297. The number of halogens is 3. The maximum absolute atomic E-state index is 12.2. The van der Waals surface area contributed by atoms with Gasteiger partial charge >= 0.3 is 0 Å². The Hall–Kier alpha value is -1.01. The van der Waals surface area contributed by atoms with Crippen LogP contribution in [0.4, 0.5) is 5.82 Å². The number of pyridine rings is 1. The standard InChI is InChI=1S/C11H7Cl3N2O2S/c12-7-3-1-4-8(13)11(7)19(17,18)16-10-6-2-5-9(14)15-10/h1-6H,(H,15,16). The van der Waals surface area contributed by atoms with Crippen LogP contribution in [0, 0.1) is 0 Å². The van der Waals surface area contributed by atoms with Gasteiger partial charge in [-0.25, -0.2) is 13.4 Å². The number of rotatable bonds is 3. The summed E-state index contributed by atoms with van der Waals surface area (Å²) in [4.78, 5) is 3.64. The Morgan fingerprint density at radius 3 is 2.11 bits per heavy atom. The van der Waals surface area contributed by atoms with Crippen LogP contribution >= 0.6 is 34.8 Å². The Labute approximate surface area is 125 Å². The van der Waals surface area contributed by atoms with Gasteiger partial charge in [0.2, 0.25) is 0 Å². The predicted molar refractivity (Wildman–Crippen MR) is 76.5 cm³/mol. The molecule has 0 aliphatic rings.